The lowest BCUT2D eigenvalue weighted by atomic mass is 9.89. The second-order valence-electron chi connectivity index (χ2n) is 7.20. The van der Waals surface area contributed by atoms with E-state index in [1.807, 2.05) is 11.3 Å². The Morgan fingerprint density at radius 3 is 2.88 bits per heavy atom. The van der Waals surface area contributed by atoms with Crippen molar-refractivity contribution in [2.24, 2.45) is 5.92 Å². The first-order valence-corrected chi connectivity index (χ1v) is 10.2. The van der Waals surface area contributed by atoms with E-state index in [1.165, 1.54) is 47.3 Å². The number of hydrogen-bond donors (Lipinski definition) is 0. The summed E-state index contributed by atoms with van der Waals surface area (Å²) < 4.78 is 5.55. The molecular formula is C19H27N3OS. The topological polar surface area (TPSA) is 38.2 Å². The number of thiophene rings is 1. The Balaban J connectivity index is 1.82. The fraction of sp³-hybridized carbons (Fsp3) is 0.684. The van der Waals surface area contributed by atoms with E-state index < -0.39 is 0 Å². The first-order chi connectivity index (χ1) is 11.8. The average molecular weight is 346 g/mol. The number of morpholine rings is 1. The van der Waals surface area contributed by atoms with Gasteiger partial charge in [0, 0.05) is 24.4 Å². The van der Waals surface area contributed by atoms with Gasteiger partial charge in [-0.05, 0) is 37.2 Å². The fourth-order valence-electron chi connectivity index (χ4n) is 3.82. The van der Waals surface area contributed by atoms with Crippen molar-refractivity contribution in [1.29, 1.82) is 0 Å². The summed E-state index contributed by atoms with van der Waals surface area (Å²) >= 11 is 1.92. The van der Waals surface area contributed by atoms with Gasteiger partial charge in [0.1, 0.15) is 16.5 Å². The van der Waals surface area contributed by atoms with Crippen LogP contribution in [0.1, 0.15) is 49.4 Å². The van der Waals surface area contributed by atoms with Crippen LogP contribution in [0.2, 0.25) is 0 Å². The van der Waals surface area contributed by atoms with Crippen molar-refractivity contribution in [2.75, 3.05) is 31.2 Å². The van der Waals surface area contributed by atoms with E-state index in [1.54, 1.807) is 4.88 Å². The molecule has 5 heteroatoms. The maximum atomic E-state index is 5.55. The maximum absolute atomic E-state index is 5.55. The normalized spacial score (nSPS) is 21.2. The number of nitrogens with zero attached hydrogens (tertiary/aromatic N) is 3. The van der Waals surface area contributed by atoms with Crippen LogP contribution in [0.5, 0.6) is 0 Å². The van der Waals surface area contributed by atoms with Crippen LogP contribution in [-0.4, -0.2) is 36.3 Å². The number of unbranched alkanes of at least 4 members (excludes halogenated alkanes) is 1. The molecule has 4 rings (SSSR count). The van der Waals surface area contributed by atoms with Crippen molar-refractivity contribution in [3.05, 3.63) is 16.3 Å². The summed E-state index contributed by atoms with van der Waals surface area (Å²) in [5.41, 5.74) is 1.54. The summed E-state index contributed by atoms with van der Waals surface area (Å²) in [6.07, 6.45) is 7.03. The van der Waals surface area contributed by atoms with Gasteiger partial charge in [-0.1, -0.05) is 20.3 Å². The highest BCUT2D eigenvalue weighted by Crippen LogP contribution is 2.41. The van der Waals surface area contributed by atoms with Gasteiger partial charge in [-0.3, -0.25) is 0 Å². The largest absolute Gasteiger partial charge is 0.378 e. The predicted octanol–water partition coefficient (Wildman–Crippen LogP) is 4.00. The van der Waals surface area contributed by atoms with Crippen LogP contribution >= 0.6 is 11.3 Å². The SMILES string of the molecule is CCCCc1nc(N2CCOCC2)c2c3c(sc2n1)C[C@@H](C)CC3. The minimum atomic E-state index is 0.796. The van der Waals surface area contributed by atoms with Crippen LogP contribution in [0.25, 0.3) is 10.2 Å². The van der Waals surface area contributed by atoms with Crippen LogP contribution in [-0.2, 0) is 24.0 Å². The van der Waals surface area contributed by atoms with Crippen LogP contribution in [0.15, 0.2) is 0 Å². The highest BCUT2D eigenvalue weighted by atomic mass is 32.1. The number of anilines is 1. The van der Waals surface area contributed by atoms with Crippen molar-refractivity contribution >= 4 is 27.4 Å². The molecule has 0 radical (unpaired) electrons. The summed E-state index contributed by atoms with van der Waals surface area (Å²) in [5.74, 6) is 3.00. The first-order valence-electron chi connectivity index (χ1n) is 9.40. The van der Waals surface area contributed by atoms with Crippen LogP contribution in [0.4, 0.5) is 5.82 Å². The smallest absolute Gasteiger partial charge is 0.141 e. The summed E-state index contributed by atoms with van der Waals surface area (Å²) in [5, 5.41) is 1.35. The zero-order valence-corrected chi connectivity index (χ0v) is 15.6. The minimum Gasteiger partial charge on any atom is -0.378 e. The number of aromatic nitrogens is 2. The van der Waals surface area contributed by atoms with Crippen molar-refractivity contribution < 1.29 is 4.74 Å². The maximum Gasteiger partial charge on any atom is 0.141 e. The third kappa shape index (κ3) is 3.04. The quantitative estimate of drug-likeness (QED) is 0.840. The van der Waals surface area contributed by atoms with E-state index in [0.29, 0.717) is 0 Å². The van der Waals surface area contributed by atoms with E-state index in [2.05, 4.69) is 18.7 Å². The van der Waals surface area contributed by atoms with E-state index in [-0.39, 0.29) is 0 Å². The molecule has 2 aromatic rings. The van der Waals surface area contributed by atoms with Gasteiger partial charge in [0.05, 0.1) is 18.6 Å². The monoisotopic (exact) mass is 345 g/mol. The predicted molar refractivity (Wildman–Crippen MR) is 100 cm³/mol. The van der Waals surface area contributed by atoms with Gasteiger partial charge >= 0.3 is 0 Å². The molecule has 0 bridgehead atoms. The third-order valence-electron chi connectivity index (χ3n) is 5.25. The lowest BCUT2D eigenvalue weighted by Gasteiger charge is -2.29. The van der Waals surface area contributed by atoms with Gasteiger partial charge in [-0.15, -0.1) is 11.3 Å². The number of rotatable bonds is 4. The molecule has 0 aromatic carbocycles. The Hall–Kier alpha value is -1.20. The van der Waals surface area contributed by atoms with Crippen molar-refractivity contribution in [1.82, 2.24) is 9.97 Å². The molecule has 3 heterocycles. The summed E-state index contributed by atoms with van der Waals surface area (Å²) in [4.78, 5) is 15.2. The first kappa shape index (κ1) is 16.3. The Labute approximate surface area is 148 Å². The number of ether oxygens (including phenoxy) is 1. The molecule has 0 N–H and O–H groups in total. The minimum absolute atomic E-state index is 0.796. The molecule has 0 amide bonds. The standard InChI is InChI=1S/C19H27N3OS/c1-3-4-5-16-20-18(22-8-10-23-11-9-22)17-14-7-6-13(2)12-15(14)24-19(17)21-16/h13H,3-12H2,1-2H3/t13-/m0/s1. The van der Waals surface area contributed by atoms with Gasteiger partial charge < -0.3 is 9.64 Å². The molecule has 0 saturated carbocycles. The molecule has 2 aliphatic rings. The van der Waals surface area contributed by atoms with Crippen molar-refractivity contribution in [3.63, 3.8) is 0 Å². The van der Waals surface area contributed by atoms with Gasteiger partial charge in [-0.2, -0.15) is 0 Å². The van der Waals surface area contributed by atoms with E-state index >= 15 is 0 Å². The van der Waals surface area contributed by atoms with E-state index in [9.17, 15) is 0 Å². The fourth-order valence-corrected chi connectivity index (χ4v) is 5.21. The zero-order valence-electron chi connectivity index (χ0n) is 14.8. The van der Waals surface area contributed by atoms with Crippen LogP contribution in [0, 0.1) is 5.92 Å². The van der Waals surface area contributed by atoms with Crippen molar-refractivity contribution in [3.8, 4) is 0 Å². The second-order valence-corrected chi connectivity index (χ2v) is 8.28. The molecular weight excluding hydrogens is 318 g/mol. The molecule has 4 nitrogen and oxygen atoms in total. The Morgan fingerprint density at radius 1 is 1.25 bits per heavy atom. The van der Waals surface area contributed by atoms with Gasteiger partial charge in [-0.25, -0.2) is 9.97 Å². The Bertz CT molecular complexity index is 721. The second kappa shape index (κ2) is 6.96. The average Bonchev–Trinajstić information content (AvgIpc) is 2.97. The van der Waals surface area contributed by atoms with Crippen molar-refractivity contribution in [2.45, 2.75) is 52.4 Å². The molecule has 1 atom stereocenters. The molecule has 0 unspecified atom stereocenters. The Kier molecular flexibility index (Phi) is 4.72. The summed E-state index contributed by atoms with van der Waals surface area (Å²) in [6, 6.07) is 0. The number of fused-ring (bicyclic) bond motifs is 3. The lowest BCUT2D eigenvalue weighted by Crippen LogP contribution is -2.37. The molecule has 0 spiro atoms. The van der Waals surface area contributed by atoms with Gasteiger partial charge in [0.25, 0.3) is 0 Å². The molecule has 24 heavy (non-hydrogen) atoms. The van der Waals surface area contributed by atoms with Gasteiger partial charge in [0.2, 0.25) is 0 Å². The molecule has 2 aromatic heterocycles. The molecule has 1 saturated heterocycles. The van der Waals surface area contributed by atoms with E-state index in [4.69, 9.17) is 14.7 Å². The Morgan fingerprint density at radius 2 is 2.08 bits per heavy atom. The molecule has 1 aliphatic heterocycles. The highest BCUT2D eigenvalue weighted by molar-refractivity contribution is 7.19. The van der Waals surface area contributed by atoms with E-state index in [0.717, 1.165) is 50.9 Å². The summed E-state index contributed by atoms with van der Waals surface area (Å²) in [6.45, 7) is 8.10. The lowest BCUT2D eigenvalue weighted by molar-refractivity contribution is 0.122. The molecule has 130 valence electrons. The molecule has 1 fully saturated rings. The number of hydrogen-bond acceptors (Lipinski definition) is 5. The summed E-state index contributed by atoms with van der Waals surface area (Å²) in [7, 11) is 0. The number of aryl methyl sites for hydroxylation is 2. The zero-order chi connectivity index (χ0) is 16.5. The highest BCUT2D eigenvalue weighted by Gasteiger charge is 2.26. The van der Waals surface area contributed by atoms with Gasteiger partial charge in [0.15, 0.2) is 0 Å². The third-order valence-corrected chi connectivity index (χ3v) is 6.40. The van der Waals surface area contributed by atoms with Crippen LogP contribution < -0.4 is 4.90 Å². The molecule has 1 aliphatic carbocycles. The van der Waals surface area contributed by atoms with Crippen LogP contribution in [0.3, 0.4) is 0 Å².